The average molecular weight is 216 g/mol. The summed E-state index contributed by atoms with van der Waals surface area (Å²) in [4.78, 5) is 22.9. The minimum atomic E-state index is -1.00. The van der Waals surface area contributed by atoms with Gasteiger partial charge >= 0.3 is 5.97 Å². The van der Waals surface area contributed by atoms with Crippen LogP contribution in [0.5, 0.6) is 0 Å². The Labute approximate surface area is 88.4 Å². The molecule has 1 aliphatic heterocycles. The van der Waals surface area contributed by atoms with E-state index in [1.165, 1.54) is 6.92 Å². The van der Waals surface area contributed by atoms with Crippen molar-refractivity contribution in [1.82, 2.24) is 0 Å². The largest absolute Gasteiger partial charge is 0.465 e. The lowest BCUT2D eigenvalue weighted by molar-refractivity contribution is -0.151. The highest BCUT2D eigenvalue weighted by molar-refractivity contribution is 6.03. The van der Waals surface area contributed by atoms with Gasteiger partial charge in [0.05, 0.1) is 19.8 Å². The standard InChI is InChI=1S/C10H16O5/c1-8(12)10(2-5-14-7-4-11)3-6-15-9(10)13/h11H,2-7H2,1H3. The smallest absolute Gasteiger partial charge is 0.319 e. The number of carbonyl (C=O) groups excluding carboxylic acids is 2. The molecule has 0 bridgehead atoms. The maximum absolute atomic E-state index is 11.5. The number of rotatable bonds is 6. The number of ether oxygens (including phenoxy) is 2. The second kappa shape index (κ2) is 5.23. The third kappa shape index (κ3) is 2.54. The van der Waals surface area contributed by atoms with Crippen LogP contribution in [0.3, 0.4) is 0 Å². The molecule has 1 rings (SSSR count). The summed E-state index contributed by atoms with van der Waals surface area (Å²) in [5, 5.41) is 8.50. The van der Waals surface area contributed by atoms with Crippen molar-refractivity contribution in [2.75, 3.05) is 26.4 Å². The van der Waals surface area contributed by atoms with Gasteiger partial charge in [-0.25, -0.2) is 0 Å². The van der Waals surface area contributed by atoms with Gasteiger partial charge in [0.25, 0.3) is 0 Å². The summed E-state index contributed by atoms with van der Waals surface area (Å²) < 4.78 is 9.88. The summed E-state index contributed by atoms with van der Waals surface area (Å²) in [5.74, 6) is -0.611. The Kier molecular flexibility index (Phi) is 4.23. The van der Waals surface area contributed by atoms with Gasteiger partial charge in [0.1, 0.15) is 11.2 Å². The van der Waals surface area contributed by atoms with Gasteiger partial charge in [-0.1, -0.05) is 0 Å². The second-order valence-corrected chi connectivity index (χ2v) is 3.61. The summed E-state index contributed by atoms with van der Waals surface area (Å²) in [6.07, 6.45) is 0.769. The van der Waals surface area contributed by atoms with Crippen LogP contribution >= 0.6 is 0 Å². The van der Waals surface area contributed by atoms with Gasteiger partial charge in [-0.15, -0.1) is 0 Å². The van der Waals surface area contributed by atoms with E-state index < -0.39 is 11.4 Å². The van der Waals surface area contributed by atoms with Crippen LogP contribution in [0, 0.1) is 5.41 Å². The zero-order chi connectivity index (χ0) is 11.3. The number of esters is 1. The van der Waals surface area contributed by atoms with Gasteiger partial charge in [-0.2, -0.15) is 0 Å². The van der Waals surface area contributed by atoms with Crippen LogP contribution in [0.4, 0.5) is 0 Å². The molecule has 0 saturated carbocycles. The number of hydrogen-bond donors (Lipinski definition) is 1. The first-order chi connectivity index (χ1) is 7.13. The lowest BCUT2D eigenvalue weighted by Gasteiger charge is -2.20. The molecular formula is C10H16O5. The molecule has 86 valence electrons. The maximum Gasteiger partial charge on any atom is 0.319 e. The molecular weight excluding hydrogens is 200 g/mol. The molecule has 1 saturated heterocycles. The Morgan fingerprint density at radius 3 is 2.80 bits per heavy atom. The van der Waals surface area contributed by atoms with Crippen molar-refractivity contribution >= 4 is 11.8 Å². The third-order valence-electron chi connectivity index (χ3n) is 2.74. The molecule has 1 N–H and O–H groups in total. The molecule has 1 unspecified atom stereocenters. The average Bonchev–Trinajstić information content (AvgIpc) is 2.56. The maximum atomic E-state index is 11.5. The van der Waals surface area contributed by atoms with E-state index in [0.717, 1.165) is 0 Å². The minimum absolute atomic E-state index is 0.0580. The number of aliphatic hydroxyl groups excluding tert-OH is 1. The SMILES string of the molecule is CC(=O)C1(CCOCCO)CCOC1=O. The molecule has 1 atom stereocenters. The van der Waals surface area contributed by atoms with E-state index in [-0.39, 0.29) is 25.6 Å². The molecule has 0 aromatic carbocycles. The fraction of sp³-hybridized carbons (Fsp3) is 0.800. The summed E-state index contributed by atoms with van der Waals surface area (Å²) in [6, 6.07) is 0. The summed E-state index contributed by atoms with van der Waals surface area (Å²) in [5.41, 5.74) is -1.00. The van der Waals surface area contributed by atoms with E-state index in [1.54, 1.807) is 0 Å². The molecule has 15 heavy (non-hydrogen) atoms. The monoisotopic (exact) mass is 216 g/mol. The lowest BCUT2D eigenvalue weighted by atomic mass is 9.80. The number of aliphatic hydroxyl groups is 1. The van der Waals surface area contributed by atoms with Crippen LogP contribution in [0.2, 0.25) is 0 Å². The highest BCUT2D eigenvalue weighted by atomic mass is 16.5. The predicted molar refractivity (Wildman–Crippen MR) is 51.2 cm³/mol. The second-order valence-electron chi connectivity index (χ2n) is 3.61. The van der Waals surface area contributed by atoms with Crippen LogP contribution in [0.25, 0.3) is 0 Å². The van der Waals surface area contributed by atoms with E-state index in [2.05, 4.69) is 0 Å². The van der Waals surface area contributed by atoms with Crippen molar-refractivity contribution in [3.8, 4) is 0 Å². The van der Waals surface area contributed by atoms with Crippen LogP contribution in [-0.4, -0.2) is 43.3 Å². The van der Waals surface area contributed by atoms with Crippen LogP contribution in [0.15, 0.2) is 0 Å². The molecule has 1 fully saturated rings. The number of ketones is 1. The molecule has 0 spiro atoms. The molecule has 0 radical (unpaired) electrons. The Hall–Kier alpha value is -0.940. The number of hydrogen-bond acceptors (Lipinski definition) is 5. The zero-order valence-corrected chi connectivity index (χ0v) is 8.82. The molecule has 1 heterocycles. The Balaban J connectivity index is 2.51. The highest BCUT2D eigenvalue weighted by Crippen LogP contribution is 2.34. The van der Waals surface area contributed by atoms with Gasteiger partial charge in [-0.3, -0.25) is 9.59 Å². The third-order valence-corrected chi connectivity index (χ3v) is 2.74. The Bertz CT molecular complexity index is 250. The van der Waals surface area contributed by atoms with Crippen molar-refractivity contribution in [3.05, 3.63) is 0 Å². The fourth-order valence-corrected chi connectivity index (χ4v) is 1.69. The fourth-order valence-electron chi connectivity index (χ4n) is 1.69. The van der Waals surface area contributed by atoms with Crippen molar-refractivity contribution in [2.24, 2.45) is 5.41 Å². The summed E-state index contributed by atoms with van der Waals surface area (Å²) in [6.45, 7) is 2.16. The van der Waals surface area contributed by atoms with Gasteiger partial charge < -0.3 is 14.6 Å². The molecule has 5 nitrogen and oxygen atoms in total. The molecule has 0 aromatic heterocycles. The van der Waals surface area contributed by atoms with E-state index in [1.807, 2.05) is 0 Å². The normalized spacial score (nSPS) is 25.3. The van der Waals surface area contributed by atoms with Gasteiger partial charge in [0.2, 0.25) is 0 Å². The number of cyclic esters (lactones) is 1. The topological polar surface area (TPSA) is 72.8 Å². The first-order valence-corrected chi connectivity index (χ1v) is 5.00. The van der Waals surface area contributed by atoms with Crippen molar-refractivity contribution < 1.29 is 24.2 Å². The molecule has 1 aliphatic rings. The van der Waals surface area contributed by atoms with E-state index >= 15 is 0 Å². The first-order valence-electron chi connectivity index (χ1n) is 5.00. The zero-order valence-electron chi connectivity index (χ0n) is 8.82. The first kappa shape index (κ1) is 12.1. The van der Waals surface area contributed by atoms with Crippen molar-refractivity contribution in [2.45, 2.75) is 19.8 Å². The van der Waals surface area contributed by atoms with Gasteiger partial charge in [0.15, 0.2) is 0 Å². The van der Waals surface area contributed by atoms with E-state index in [0.29, 0.717) is 19.4 Å². The van der Waals surface area contributed by atoms with Gasteiger partial charge in [0, 0.05) is 13.0 Å². The predicted octanol–water partition coefficient (Wildman–Crippen LogP) is -0.0923. The number of Topliss-reactive ketones (excluding diaryl/α,β-unsaturated/α-hetero) is 1. The van der Waals surface area contributed by atoms with Crippen LogP contribution in [-0.2, 0) is 19.1 Å². The highest BCUT2D eigenvalue weighted by Gasteiger charge is 2.48. The van der Waals surface area contributed by atoms with Gasteiger partial charge in [-0.05, 0) is 13.3 Å². The van der Waals surface area contributed by atoms with Crippen molar-refractivity contribution in [3.63, 3.8) is 0 Å². The molecule has 0 amide bonds. The molecule has 0 aromatic rings. The summed E-state index contributed by atoms with van der Waals surface area (Å²) in [7, 11) is 0. The van der Waals surface area contributed by atoms with Crippen LogP contribution < -0.4 is 0 Å². The quantitative estimate of drug-likeness (QED) is 0.381. The molecule has 5 heteroatoms. The summed E-state index contributed by atoms with van der Waals surface area (Å²) >= 11 is 0. The van der Waals surface area contributed by atoms with Crippen molar-refractivity contribution in [1.29, 1.82) is 0 Å². The van der Waals surface area contributed by atoms with E-state index in [9.17, 15) is 9.59 Å². The van der Waals surface area contributed by atoms with E-state index in [4.69, 9.17) is 14.6 Å². The Morgan fingerprint density at radius 1 is 1.60 bits per heavy atom. The van der Waals surface area contributed by atoms with Crippen LogP contribution in [0.1, 0.15) is 19.8 Å². The lowest BCUT2D eigenvalue weighted by Crippen LogP contribution is -2.35. The number of carbonyl (C=O) groups is 2. The molecule has 0 aliphatic carbocycles. The Morgan fingerprint density at radius 2 is 2.33 bits per heavy atom. The minimum Gasteiger partial charge on any atom is -0.465 e.